The molecule has 2 heterocycles. The number of amides is 1. The minimum atomic E-state index is -0.271. The highest BCUT2D eigenvalue weighted by Gasteiger charge is 2.42. The second kappa shape index (κ2) is 3.51. The zero-order chi connectivity index (χ0) is 10.2. The number of morpholine rings is 1. The van der Waals surface area contributed by atoms with E-state index in [9.17, 15) is 4.79 Å². The van der Waals surface area contributed by atoms with Gasteiger partial charge in [-0.15, -0.1) is 0 Å². The molecule has 0 aliphatic carbocycles. The van der Waals surface area contributed by atoms with Crippen molar-refractivity contribution < 1.29 is 9.53 Å². The van der Waals surface area contributed by atoms with Crippen LogP contribution in [-0.4, -0.2) is 49.2 Å². The van der Waals surface area contributed by atoms with Gasteiger partial charge in [0.25, 0.3) is 5.91 Å². The summed E-state index contributed by atoms with van der Waals surface area (Å²) < 4.78 is 5.87. The van der Waals surface area contributed by atoms with Gasteiger partial charge in [-0.2, -0.15) is 0 Å². The van der Waals surface area contributed by atoms with E-state index in [-0.39, 0.29) is 17.6 Å². The molecule has 0 aromatic rings. The van der Waals surface area contributed by atoms with Crippen LogP contribution in [0.5, 0.6) is 0 Å². The van der Waals surface area contributed by atoms with E-state index in [0.717, 1.165) is 32.5 Å². The Bertz CT molecular complexity index is 220. The van der Waals surface area contributed by atoms with Gasteiger partial charge in [0.15, 0.2) is 0 Å². The highest BCUT2D eigenvalue weighted by molar-refractivity contribution is 5.81. The Morgan fingerprint density at radius 1 is 1.50 bits per heavy atom. The molecule has 1 atom stereocenters. The van der Waals surface area contributed by atoms with Crippen molar-refractivity contribution in [2.24, 2.45) is 0 Å². The van der Waals surface area contributed by atoms with Gasteiger partial charge < -0.3 is 15.0 Å². The molecule has 1 unspecified atom stereocenters. The summed E-state index contributed by atoms with van der Waals surface area (Å²) in [6.45, 7) is 4.59. The average Bonchev–Trinajstić information content (AvgIpc) is 2.15. The molecule has 0 bridgehead atoms. The number of rotatable bonds is 0. The summed E-state index contributed by atoms with van der Waals surface area (Å²) in [4.78, 5) is 13.3. The van der Waals surface area contributed by atoms with E-state index in [2.05, 4.69) is 5.32 Å². The highest BCUT2D eigenvalue weighted by atomic mass is 16.5. The molecule has 2 aliphatic rings. The lowest BCUT2D eigenvalue weighted by Gasteiger charge is -2.46. The van der Waals surface area contributed by atoms with Crippen LogP contribution in [0.1, 0.15) is 19.8 Å². The van der Waals surface area contributed by atoms with Crippen molar-refractivity contribution >= 4 is 5.91 Å². The van der Waals surface area contributed by atoms with Crippen LogP contribution in [-0.2, 0) is 9.53 Å². The number of piperidine rings is 1. The van der Waals surface area contributed by atoms with Crippen molar-refractivity contribution in [1.29, 1.82) is 0 Å². The Labute approximate surface area is 84.6 Å². The molecule has 4 heteroatoms. The molecule has 2 aliphatic heterocycles. The van der Waals surface area contributed by atoms with Crippen LogP contribution in [0.3, 0.4) is 0 Å². The van der Waals surface area contributed by atoms with Crippen molar-refractivity contribution in [1.82, 2.24) is 10.2 Å². The Kier molecular flexibility index (Phi) is 2.49. The van der Waals surface area contributed by atoms with Crippen LogP contribution in [0.15, 0.2) is 0 Å². The summed E-state index contributed by atoms with van der Waals surface area (Å²) in [7, 11) is 1.87. The van der Waals surface area contributed by atoms with E-state index >= 15 is 0 Å². The number of hydrogen-bond acceptors (Lipinski definition) is 3. The number of nitrogens with one attached hydrogen (secondary N) is 1. The lowest BCUT2D eigenvalue weighted by atomic mass is 9.89. The Balaban J connectivity index is 2.10. The molecule has 2 saturated heterocycles. The number of likely N-dealkylation sites (N-methyl/N-ethyl adjacent to an activating group) is 1. The fourth-order valence-corrected chi connectivity index (χ4v) is 2.44. The van der Waals surface area contributed by atoms with E-state index < -0.39 is 0 Å². The van der Waals surface area contributed by atoms with Crippen LogP contribution < -0.4 is 5.32 Å². The minimum Gasteiger partial charge on any atom is -0.360 e. The molecular weight excluding hydrogens is 180 g/mol. The molecule has 2 fully saturated rings. The van der Waals surface area contributed by atoms with E-state index in [1.807, 2.05) is 14.0 Å². The van der Waals surface area contributed by atoms with Gasteiger partial charge >= 0.3 is 0 Å². The SMILES string of the molecule is CC1OC2(CCNCC2)CN(C)C1=O. The molecule has 80 valence electrons. The first-order valence-corrected chi connectivity index (χ1v) is 5.26. The summed E-state index contributed by atoms with van der Waals surface area (Å²) >= 11 is 0. The number of carbonyl (C=O) groups is 1. The monoisotopic (exact) mass is 198 g/mol. The van der Waals surface area contributed by atoms with Crippen molar-refractivity contribution in [3.05, 3.63) is 0 Å². The third-order valence-corrected chi connectivity index (χ3v) is 3.19. The second-order valence-corrected chi connectivity index (χ2v) is 4.39. The smallest absolute Gasteiger partial charge is 0.251 e. The van der Waals surface area contributed by atoms with Crippen molar-refractivity contribution in [3.8, 4) is 0 Å². The minimum absolute atomic E-state index is 0.0761. The summed E-state index contributed by atoms with van der Waals surface area (Å²) in [5, 5.41) is 3.31. The maximum absolute atomic E-state index is 11.5. The average molecular weight is 198 g/mol. The van der Waals surface area contributed by atoms with Crippen LogP contribution >= 0.6 is 0 Å². The quantitative estimate of drug-likeness (QED) is 0.595. The van der Waals surface area contributed by atoms with E-state index in [1.54, 1.807) is 4.90 Å². The molecule has 1 amide bonds. The molecule has 4 nitrogen and oxygen atoms in total. The van der Waals surface area contributed by atoms with Gasteiger partial charge in [-0.05, 0) is 32.9 Å². The van der Waals surface area contributed by atoms with E-state index in [0.29, 0.717) is 0 Å². The number of ether oxygens (including phenoxy) is 1. The molecular formula is C10H18N2O2. The van der Waals surface area contributed by atoms with E-state index in [4.69, 9.17) is 4.74 Å². The second-order valence-electron chi connectivity index (χ2n) is 4.39. The summed E-state index contributed by atoms with van der Waals surface area (Å²) in [5.41, 5.74) is -0.0761. The normalized spacial score (nSPS) is 32.3. The number of carbonyl (C=O) groups excluding carboxylic acids is 1. The van der Waals surface area contributed by atoms with Crippen LogP contribution in [0.4, 0.5) is 0 Å². The zero-order valence-electron chi connectivity index (χ0n) is 8.88. The molecule has 2 rings (SSSR count). The van der Waals surface area contributed by atoms with Gasteiger partial charge in [0.05, 0.1) is 5.60 Å². The van der Waals surface area contributed by atoms with Gasteiger partial charge in [0.1, 0.15) is 6.10 Å². The maximum atomic E-state index is 11.5. The first-order chi connectivity index (χ1) is 6.63. The third-order valence-electron chi connectivity index (χ3n) is 3.19. The van der Waals surface area contributed by atoms with Crippen LogP contribution in [0, 0.1) is 0 Å². The molecule has 14 heavy (non-hydrogen) atoms. The maximum Gasteiger partial charge on any atom is 0.251 e. The van der Waals surface area contributed by atoms with Crippen molar-refractivity contribution in [2.45, 2.75) is 31.5 Å². The molecule has 0 saturated carbocycles. The van der Waals surface area contributed by atoms with Gasteiger partial charge in [-0.1, -0.05) is 0 Å². The van der Waals surface area contributed by atoms with Crippen molar-refractivity contribution in [3.63, 3.8) is 0 Å². The Morgan fingerprint density at radius 3 is 2.71 bits per heavy atom. The largest absolute Gasteiger partial charge is 0.360 e. The zero-order valence-corrected chi connectivity index (χ0v) is 8.88. The number of nitrogens with zero attached hydrogens (tertiary/aromatic N) is 1. The fourth-order valence-electron chi connectivity index (χ4n) is 2.44. The molecule has 0 aromatic heterocycles. The van der Waals surface area contributed by atoms with Gasteiger partial charge in [-0.3, -0.25) is 4.79 Å². The third kappa shape index (κ3) is 1.64. The van der Waals surface area contributed by atoms with Crippen molar-refractivity contribution in [2.75, 3.05) is 26.7 Å². The standard InChI is InChI=1S/C10H18N2O2/c1-8-9(13)12(2)7-10(14-8)3-5-11-6-4-10/h8,11H,3-7H2,1-2H3. The molecule has 0 aromatic carbocycles. The lowest BCUT2D eigenvalue weighted by Crippen LogP contribution is -2.59. The van der Waals surface area contributed by atoms with Gasteiger partial charge in [0, 0.05) is 13.6 Å². The Hall–Kier alpha value is -0.610. The van der Waals surface area contributed by atoms with E-state index in [1.165, 1.54) is 0 Å². The Morgan fingerprint density at radius 2 is 2.14 bits per heavy atom. The topological polar surface area (TPSA) is 41.6 Å². The summed E-state index contributed by atoms with van der Waals surface area (Å²) in [6.07, 6.45) is 1.75. The predicted molar refractivity (Wildman–Crippen MR) is 53.0 cm³/mol. The molecule has 1 spiro atoms. The number of hydrogen-bond donors (Lipinski definition) is 1. The first kappa shape index (κ1) is 9.93. The molecule has 1 N–H and O–H groups in total. The summed E-state index contributed by atoms with van der Waals surface area (Å²) in [6, 6.07) is 0. The molecule has 0 radical (unpaired) electrons. The lowest BCUT2D eigenvalue weighted by molar-refractivity contribution is -0.182. The van der Waals surface area contributed by atoms with Crippen LogP contribution in [0.2, 0.25) is 0 Å². The van der Waals surface area contributed by atoms with Gasteiger partial charge in [0.2, 0.25) is 0 Å². The summed E-state index contributed by atoms with van der Waals surface area (Å²) in [5.74, 6) is 0.106. The van der Waals surface area contributed by atoms with Gasteiger partial charge in [-0.25, -0.2) is 0 Å². The predicted octanol–water partition coefficient (Wildman–Crippen LogP) is -0.0143. The highest BCUT2D eigenvalue weighted by Crippen LogP contribution is 2.29. The fraction of sp³-hybridized carbons (Fsp3) is 0.900. The van der Waals surface area contributed by atoms with Crippen LogP contribution in [0.25, 0.3) is 0 Å². The first-order valence-electron chi connectivity index (χ1n) is 5.26.